The second-order valence-electron chi connectivity index (χ2n) is 2.54. The number of thioether (sulfide) groups is 1. The molecule has 0 atom stereocenters. The molecule has 2 nitrogen and oxygen atoms in total. The van der Waals surface area contributed by atoms with E-state index in [0.29, 0.717) is 17.2 Å². The van der Waals surface area contributed by atoms with Crippen LogP contribution < -0.4 is 0 Å². The van der Waals surface area contributed by atoms with Gasteiger partial charge in [-0.15, -0.1) is 11.8 Å². The number of halogens is 1. The third-order valence-corrected chi connectivity index (χ3v) is 2.98. The lowest BCUT2D eigenvalue weighted by Gasteiger charge is -2.06. The number of carbonyl (C=O) groups excluding carboxylic acids is 1. The fourth-order valence-corrected chi connectivity index (χ4v) is 1.97. The van der Waals surface area contributed by atoms with Gasteiger partial charge in [0.2, 0.25) is 0 Å². The van der Waals surface area contributed by atoms with E-state index in [1.54, 1.807) is 19.1 Å². The first-order valence-electron chi connectivity index (χ1n) is 4.20. The second kappa shape index (κ2) is 5.27. The highest BCUT2D eigenvalue weighted by Gasteiger charge is 2.13. The normalized spacial score (nSPS) is 9.93. The smallest absolute Gasteiger partial charge is 0.339 e. The van der Waals surface area contributed by atoms with Crippen molar-refractivity contribution < 1.29 is 9.53 Å². The van der Waals surface area contributed by atoms with E-state index < -0.39 is 0 Å². The van der Waals surface area contributed by atoms with E-state index in [-0.39, 0.29) is 5.97 Å². The fraction of sp³-hybridized carbons (Fsp3) is 0.300. The second-order valence-corrected chi connectivity index (χ2v) is 3.77. The molecule has 0 aromatic heterocycles. The highest BCUT2D eigenvalue weighted by Crippen LogP contribution is 2.28. The van der Waals surface area contributed by atoms with Crippen LogP contribution in [0.15, 0.2) is 23.1 Å². The lowest BCUT2D eigenvalue weighted by atomic mass is 10.2. The standard InChI is InChI=1S/C10H11ClO2S/c1-3-13-10(12)7-5-4-6-8(14-2)9(7)11/h4-6H,3H2,1-2H3. The van der Waals surface area contributed by atoms with E-state index in [2.05, 4.69) is 0 Å². The lowest BCUT2D eigenvalue weighted by molar-refractivity contribution is 0.0526. The van der Waals surface area contributed by atoms with Crippen LogP contribution in [0.3, 0.4) is 0 Å². The van der Waals surface area contributed by atoms with Gasteiger partial charge in [-0.2, -0.15) is 0 Å². The predicted octanol–water partition coefficient (Wildman–Crippen LogP) is 3.24. The molecule has 0 saturated heterocycles. The van der Waals surface area contributed by atoms with Gasteiger partial charge in [-0.1, -0.05) is 17.7 Å². The summed E-state index contributed by atoms with van der Waals surface area (Å²) in [5, 5.41) is 0.471. The molecule has 0 aliphatic carbocycles. The Morgan fingerprint density at radius 3 is 2.86 bits per heavy atom. The van der Waals surface area contributed by atoms with Crippen molar-refractivity contribution in [3.05, 3.63) is 28.8 Å². The average Bonchev–Trinajstić information content (AvgIpc) is 2.18. The Balaban J connectivity index is 3.03. The van der Waals surface area contributed by atoms with Gasteiger partial charge in [0, 0.05) is 4.90 Å². The summed E-state index contributed by atoms with van der Waals surface area (Å²) in [5.41, 5.74) is 0.431. The number of carbonyl (C=O) groups is 1. The van der Waals surface area contributed by atoms with Crippen molar-refractivity contribution in [2.45, 2.75) is 11.8 Å². The summed E-state index contributed by atoms with van der Waals surface area (Å²) >= 11 is 7.52. The molecule has 0 radical (unpaired) electrons. The third kappa shape index (κ3) is 2.42. The summed E-state index contributed by atoms with van der Waals surface area (Å²) in [7, 11) is 0. The Morgan fingerprint density at radius 1 is 1.57 bits per heavy atom. The van der Waals surface area contributed by atoms with E-state index >= 15 is 0 Å². The van der Waals surface area contributed by atoms with Crippen molar-refractivity contribution in [3.63, 3.8) is 0 Å². The zero-order chi connectivity index (χ0) is 10.6. The van der Waals surface area contributed by atoms with E-state index in [9.17, 15) is 4.79 Å². The molecular formula is C10H11ClO2S. The Hall–Kier alpha value is -0.670. The molecule has 0 saturated carbocycles. The van der Waals surface area contributed by atoms with Crippen LogP contribution in [0.5, 0.6) is 0 Å². The van der Waals surface area contributed by atoms with E-state index in [1.165, 1.54) is 11.8 Å². The van der Waals surface area contributed by atoms with Crippen LogP contribution in [-0.4, -0.2) is 18.8 Å². The summed E-state index contributed by atoms with van der Waals surface area (Å²) in [4.78, 5) is 12.3. The topological polar surface area (TPSA) is 26.3 Å². The van der Waals surface area contributed by atoms with Crippen LogP contribution in [0, 0.1) is 0 Å². The molecule has 0 unspecified atom stereocenters. The number of esters is 1. The molecule has 0 amide bonds. The lowest BCUT2D eigenvalue weighted by Crippen LogP contribution is -2.05. The summed E-state index contributed by atoms with van der Waals surface area (Å²) in [6.07, 6.45) is 1.91. The highest BCUT2D eigenvalue weighted by molar-refractivity contribution is 7.98. The Bertz CT molecular complexity index is 339. The van der Waals surface area contributed by atoms with Crippen molar-refractivity contribution in [2.75, 3.05) is 12.9 Å². The molecule has 0 aliphatic heterocycles. The number of rotatable bonds is 3. The molecule has 76 valence electrons. The molecule has 14 heavy (non-hydrogen) atoms. The Morgan fingerprint density at radius 2 is 2.29 bits per heavy atom. The first-order chi connectivity index (χ1) is 6.70. The SMILES string of the molecule is CCOC(=O)c1cccc(SC)c1Cl. The summed E-state index contributed by atoms with van der Waals surface area (Å²) < 4.78 is 4.88. The van der Waals surface area contributed by atoms with Gasteiger partial charge in [-0.05, 0) is 25.3 Å². The number of hydrogen-bond donors (Lipinski definition) is 0. The Kier molecular flexibility index (Phi) is 4.29. The number of benzene rings is 1. The summed E-state index contributed by atoms with van der Waals surface area (Å²) in [6.45, 7) is 2.13. The molecule has 0 bridgehead atoms. The maximum absolute atomic E-state index is 11.4. The minimum atomic E-state index is -0.367. The predicted molar refractivity (Wildman–Crippen MR) is 59.2 cm³/mol. The van der Waals surface area contributed by atoms with E-state index in [4.69, 9.17) is 16.3 Å². The molecule has 1 rings (SSSR count). The Labute approximate surface area is 92.6 Å². The van der Waals surface area contributed by atoms with Crippen LogP contribution in [0.4, 0.5) is 0 Å². The molecule has 1 aromatic rings. The van der Waals surface area contributed by atoms with Crippen LogP contribution in [0.1, 0.15) is 17.3 Å². The maximum Gasteiger partial charge on any atom is 0.339 e. The van der Waals surface area contributed by atoms with Crippen LogP contribution in [-0.2, 0) is 4.74 Å². The molecule has 4 heteroatoms. The summed E-state index contributed by atoms with van der Waals surface area (Å²) in [5.74, 6) is -0.367. The molecule has 0 spiro atoms. The summed E-state index contributed by atoms with van der Waals surface area (Å²) in [6, 6.07) is 5.33. The molecule has 1 aromatic carbocycles. The minimum Gasteiger partial charge on any atom is -0.462 e. The molecule has 0 N–H and O–H groups in total. The number of ether oxygens (including phenoxy) is 1. The third-order valence-electron chi connectivity index (χ3n) is 1.68. The van der Waals surface area contributed by atoms with Crippen LogP contribution in [0.2, 0.25) is 5.02 Å². The minimum absolute atomic E-state index is 0.360. The van der Waals surface area contributed by atoms with Gasteiger partial charge in [0.05, 0.1) is 17.2 Å². The van der Waals surface area contributed by atoms with Gasteiger partial charge < -0.3 is 4.74 Å². The maximum atomic E-state index is 11.4. The first kappa shape index (κ1) is 11.4. The van der Waals surface area contributed by atoms with Crippen molar-refractivity contribution >= 4 is 29.3 Å². The van der Waals surface area contributed by atoms with Crippen molar-refractivity contribution in [1.29, 1.82) is 0 Å². The van der Waals surface area contributed by atoms with E-state index in [0.717, 1.165) is 4.90 Å². The van der Waals surface area contributed by atoms with Gasteiger partial charge in [0.25, 0.3) is 0 Å². The van der Waals surface area contributed by atoms with Gasteiger partial charge in [-0.25, -0.2) is 4.79 Å². The van der Waals surface area contributed by atoms with Crippen molar-refractivity contribution in [2.24, 2.45) is 0 Å². The largest absolute Gasteiger partial charge is 0.462 e. The average molecular weight is 231 g/mol. The van der Waals surface area contributed by atoms with Crippen LogP contribution >= 0.6 is 23.4 Å². The molecular weight excluding hydrogens is 220 g/mol. The quantitative estimate of drug-likeness (QED) is 0.589. The zero-order valence-corrected chi connectivity index (χ0v) is 9.61. The highest BCUT2D eigenvalue weighted by atomic mass is 35.5. The fourth-order valence-electron chi connectivity index (χ4n) is 1.03. The first-order valence-corrected chi connectivity index (χ1v) is 5.80. The van der Waals surface area contributed by atoms with E-state index in [1.807, 2.05) is 12.3 Å². The zero-order valence-electron chi connectivity index (χ0n) is 8.04. The van der Waals surface area contributed by atoms with Crippen LogP contribution in [0.25, 0.3) is 0 Å². The molecule has 0 fully saturated rings. The monoisotopic (exact) mass is 230 g/mol. The molecule has 0 aliphatic rings. The molecule has 0 heterocycles. The van der Waals surface area contributed by atoms with Crippen molar-refractivity contribution in [1.82, 2.24) is 0 Å². The van der Waals surface area contributed by atoms with Gasteiger partial charge >= 0.3 is 5.97 Å². The number of hydrogen-bond acceptors (Lipinski definition) is 3. The van der Waals surface area contributed by atoms with Crippen molar-refractivity contribution in [3.8, 4) is 0 Å². The van der Waals surface area contributed by atoms with Gasteiger partial charge in [0.15, 0.2) is 0 Å². The van der Waals surface area contributed by atoms with Gasteiger partial charge in [-0.3, -0.25) is 0 Å². The van der Waals surface area contributed by atoms with Gasteiger partial charge in [0.1, 0.15) is 0 Å².